The van der Waals surface area contributed by atoms with Gasteiger partial charge in [0.25, 0.3) is 11.6 Å². The number of hydrogen-bond donors (Lipinski definition) is 0. The Balaban J connectivity index is 1.72. The molecule has 180 valence electrons. The first-order valence-electron chi connectivity index (χ1n) is 10.9. The highest BCUT2D eigenvalue weighted by Gasteiger charge is 2.27. The maximum Gasteiger partial charge on any atom is 0.293 e. The zero-order valence-corrected chi connectivity index (χ0v) is 20.9. The predicted molar refractivity (Wildman–Crippen MR) is 136 cm³/mol. The normalized spacial score (nSPS) is 14.1. The zero-order valence-electron chi connectivity index (χ0n) is 19.3. The van der Waals surface area contributed by atoms with Crippen molar-refractivity contribution in [1.29, 1.82) is 0 Å². The molecule has 3 aromatic rings. The summed E-state index contributed by atoms with van der Waals surface area (Å²) in [5.74, 6) is -0.332. The molecule has 9 nitrogen and oxygen atoms in total. The average molecular weight is 504 g/mol. The second kappa shape index (κ2) is 10.2. The van der Waals surface area contributed by atoms with E-state index in [2.05, 4.69) is 0 Å². The van der Waals surface area contributed by atoms with Crippen LogP contribution in [0.2, 0.25) is 5.02 Å². The SMILES string of the molecule is Cc1c(Cl)ccc2sc(N(CCN(C)C)C(=O)c3ccc(N4CCOCC4)c([N+](=O)[O-])c3)nc12. The van der Waals surface area contributed by atoms with Gasteiger partial charge in [0.15, 0.2) is 5.13 Å². The van der Waals surface area contributed by atoms with Crippen molar-refractivity contribution in [3.8, 4) is 0 Å². The van der Waals surface area contributed by atoms with Crippen LogP contribution in [-0.2, 0) is 4.74 Å². The van der Waals surface area contributed by atoms with Crippen molar-refractivity contribution in [2.24, 2.45) is 0 Å². The van der Waals surface area contributed by atoms with Gasteiger partial charge in [0.2, 0.25) is 0 Å². The summed E-state index contributed by atoms with van der Waals surface area (Å²) in [5.41, 5.74) is 2.26. The van der Waals surface area contributed by atoms with Crippen LogP contribution in [0.1, 0.15) is 15.9 Å². The third-order valence-electron chi connectivity index (χ3n) is 5.75. The summed E-state index contributed by atoms with van der Waals surface area (Å²) < 4.78 is 6.28. The van der Waals surface area contributed by atoms with Gasteiger partial charge >= 0.3 is 0 Å². The summed E-state index contributed by atoms with van der Waals surface area (Å²) in [7, 11) is 3.85. The van der Waals surface area contributed by atoms with Gasteiger partial charge in [-0.25, -0.2) is 4.98 Å². The molecule has 1 aliphatic heterocycles. The van der Waals surface area contributed by atoms with E-state index < -0.39 is 4.92 Å². The van der Waals surface area contributed by atoms with E-state index >= 15 is 0 Å². The number of rotatable bonds is 7. The van der Waals surface area contributed by atoms with Crippen molar-refractivity contribution >= 4 is 55.6 Å². The Bertz CT molecular complexity index is 1230. The second-order valence-electron chi connectivity index (χ2n) is 8.34. The summed E-state index contributed by atoms with van der Waals surface area (Å²) in [4.78, 5) is 35.3. The molecular formula is C23H26ClN5O4S. The van der Waals surface area contributed by atoms with E-state index in [0.717, 1.165) is 15.8 Å². The van der Waals surface area contributed by atoms with Gasteiger partial charge in [-0.3, -0.25) is 19.8 Å². The van der Waals surface area contributed by atoms with Crippen molar-refractivity contribution in [1.82, 2.24) is 9.88 Å². The third-order valence-corrected chi connectivity index (χ3v) is 7.21. The summed E-state index contributed by atoms with van der Waals surface area (Å²) in [5, 5.41) is 13.0. The van der Waals surface area contributed by atoms with Crippen LogP contribution in [0.15, 0.2) is 30.3 Å². The number of amides is 1. The van der Waals surface area contributed by atoms with Crippen LogP contribution >= 0.6 is 22.9 Å². The fraction of sp³-hybridized carbons (Fsp3) is 0.391. The number of anilines is 2. The van der Waals surface area contributed by atoms with Crippen LogP contribution in [0.25, 0.3) is 10.2 Å². The number of benzene rings is 2. The molecule has 1 aliphatic rings. The smallest absolute Gasteiger partial charge is 0.293 e. The number of aromatic nitrogens is 1. The lowest BCUT2D eigenvalue weighted by molar-refractivity contribution is -0.384. The van der Waals surface area contributed by atoms with Crippen molar-refractivity contribution in [3.63, 3.8) is 0 Å². The van der Waals surface area contributed by atoms with E-state index in [0.29, 0.717) is 55.2 Å². The number of morpholine rings is 1. The van der Waals surface area contributed by atoms with Crippen LogP contribution in [0.4, 0.5) is 16.5 Å². The Kier molecular flexibility index (Phi) is 7.32. The highest BCUT2D eigenvalue weighted by atomic mass is 35.5. The summed E-state index contributed by atoms with van der Waals surface area (Å²) in [6, 6.07) is 8.38. The Morgan fingerprint density at radius 3 is 2.65 bits per heavy atom. The summed E-state index contributed by atoms with van der Waals surface area (Å²) in [6.45, 7) is 5.04. The number of hydrogen-bond acceptors (Lipinski definition) is 8. The Morgan fingerprint density at radius 1 is 1.24 bits per heavy atom. The first kappa shape index (κ1) is 24.3. The maximum atomic E-state index is 13.6. The standard InChI is InChI=1S/C23H26ClN5O4S/c1-15-17(24)5-7-20-21(15)25-23(34-20)28(9-8-26(2)3)22(30)16-4-6-18(19(14-16)29(31)32)27-10-12-33-13-11-27/h4-7,14H,8-13H2,1-3H3. The summed E-state index contributed by atoms with van der Waals surface area (Å²) >= 11 is 7.67. The van der Waals surface area contributed by atoms with E-state index in [9.17, 15) is 14.9 Å². The minimum Gasteiger partial charge on any atom is -0.378 e. The van der Waals surface area contributed by atoms with Crippen molar-refractivity contribution < 1.29 is 14.5 Å². The number of fused-ring (bicyclic) bond motifs is 1. The number of aryl methyl sites for hydroxylation is 1. The minimum atomic E-state index is -0.436. The van der Waals surface area contributed by atoms with Gasteiger partial charge in [0.1, 0.15) is 5.69 Å². The molecule has 2 heterocycles. The van der Waals surface area contributed by atoms with Crippen LogP contribution in [-0.4, -0.2) is 74.2 Å². The molecule has 4 rings (SSSR count). The lowest BCUT2D eigenvalue weighted by atomic mass is 10.1. The molecule has 0 aliphatic carbocycles. The number of nitro benzene ring substituents is 1. The molecule has 0 spiro atoms. The number of carbonyl (C=O) groups is 1. The molecule has 2 aromatic carbocycles. The van der Waals surface area contributed by atoms with Crippen molar-refractivity contribution in [3.05, 3.63) is 56.6 Å². The van der Waals surface area contributed by atoms with Crippen LogP contribution < -0.4 is 9.80 Å². The lowest BCUT2D eigenvalue weighted by Gasteiger charge is -2.28. The maximum absolute atomic E-state index is 13.6. The van der Waals surface area contributed by atoms with E-state index in [4.69, 9.17) is 21.3 Å². The molecule has 0 unspecified atom stereocenters. The van der Waals surface area contributed by atoms with Crippen molar-refractivity contribution in [2.45, 2.75) is 6.92 Å². The van der Waals surface area contributed by atoms with Gasteiger partial charge in [0, 0.05) is 42.8 Å². The molecular weight excluding hydrogens is 478 g/mol. The Hall–Kier alpha value is -2.79. The molecule has 34 heavy (non-hydrogen) atoms. The van der Waals surface area contributed by atoms with E-state index in [1.165, 1.54) is 17.4 Å². The lowest BCUT2D eigenvalue weighted by Crippen LogP contribution is -2.37. The second-order valence-corrected chi connectivity index (χ2v) is 9.75. The van der Waals surface area contributed by atoms with E-state index in [1.807, 2.05) is 43.0 Å². The molecule has 0 N–H and O–H groups in total. The molecule has 0 atom stereocenters. The number of nitrogens with zero attached hydrogens (tertiary/aromatic N) is 5. The summed E-state index contributed by atoms with van der Waals surface area (Å²) in [6.07, 6.45) is 0. The van der Waals surface area contributed by atoms with E-state index in [-0.39, 0.29) is 17.2 Å². The first-order valence-corrected chi connectivity index (χ1v) is 12.1. The molecule has 0 bridgehead atoms. The molecule has 0 radical (unpaired) electrons. The van der Waals surface area contributed by atoms with Gasteiger partial charge in [0.05, 0.1) is 28.4 Å². The number of thiazole rings is 1. The van der Waals surface area contributed by atoms with Gasteiger partial charge in [-0.2, -0.15) is 0 Å². The van der Waals surface area contributed by atoms with Gasteiger partial charge < -0.3 is 14.5 Å². The van der Waals surface area contributed by atoms with Gasteiger partial charge in [-0.1, -0.05) is 22.9 Å². The number of nitro groups is 1. The number of halogens is 1. The largest absolute Gasteiger partial charge is 0.378 e. The van der Waals surface area contributed by atoms with Gasteiger partial charge in [-0.15, -0.1) is 0 Å². The number of carbonyl (C=O) groups excluding carboxylic acids is 1. The monoisotopic (exact) mass is 503 g/mol. The zero-order chi connectivity index (χ0) is 24.4. The highest BCUT2D eigenvalue weighted by Crippen LogP contribution is 2.35. The molecule has 1 fully saturated rings. The van der Waals surface area contributed by atoms with Crippen LogP contribution in [0, 0.1) is 17.0 Å². The van der Waals surface area contributed by atoms with Gasteiger partial charge in [-0.05, 0) is 50.8 Å². The first-order chi connectivity index (χ1) is 16.3. The third kappa shape index (κ3) is 5.00. The van der Waals surface area contributed by atoms with E-state index in [1.54, 1.807) is 17.0 Å². The quantitative estimate of drug-likeness (QED) is 0.352. The highest BCUT2D eigenvalue weighted by molar-refractivity contribution is 7.22. The number of likely N-dealkylation sites (N-methyl/N-ethyl adjacent to an activating group) is 1. The molecule has 1 aromatic heterocycles. The number of ether oxygens (including phenoxy) is 1. The Labute approximate surface area is 206 Å². The topological polar surface area (TPSA) is 92.0 Å². The molecule has 1 saturated heterocycles. The average Bonchev–Trinajstić information content (AvgIpc) is 3.26. The van der Waals surface area contributed by atoms with Crippen LogP contribution in [0.5, 0.6) is 0 Å². The molecule has 11 heteroatoms. The minimum absolute atomic E-state index is 0.0905. The predicted octanol–water partition coefficient (Wildman–Crippen LogP) is 4.21. The van der Waals surface area contributed by atoms with Crippen LogP contribution in [0.3, 0.4) is 0 Å². The Morgan fingerprint density at radius 2 is 1.97 bits per heavy atom. The molecule has 0 saturated carbocycles. The fourth-order valence-corrected chi connectivity index (χ4v) is 5.02. The molecule has 1 amide bonds. The van der Waals surface area contributed by atoms with Crippen molar-refractivity contribution in [2.75, 3.05) is 63.3 Å². The fourth-order valence-electron chi connectivity index (χ4n) is 3.82.